The molecule has 0 heterocycles. The first kappa shape index (κ1) is 17.2. The minimum absolute atomic E-state index is 0.0524. The van der Waals surface area contributed by atoms with Gasteiger partial charge in [-0.05, 0) is 25.3 Å². The monoisotopic (exact) mass is 292 g/mol. The normalized spacial score (nSPS) is 11.8. The molecule has 0 aliphatic carbocycles. The van der Waals surface area contributed by atoms with E-state index in [1.807, 2.05) is 38.1 Å². The molecular formula is C16H24N2O3. The highest BCUT2D eigenvalue weighted by molar-refractivity contribution is 5.84. The predicted octanol–water partition coefficient (Wildman–Crippen LogP) is 0.931. The van der Waals surface area contributed by atoms with Crippen molar-refractivity contribution in [2.75, 3.05) is 13.2 Å². The molecule has 0 aromatic heterocycles. The van der Waals surface area contributed by atoms with E-state index in [4.69, 9.17) is 5.11 Å². The van der Waals surface area contributed by atoms with Crippen LogP contribution in [-0.4, -0.2) is 36.1 Å². The molecule has 0 saturated heterocycles. The highest BCUT2D eigenvalue weighted by Gasteiger charge is 2.10. The predicted molar refractivity (Wildman–Crippen MR) is 81.8 cm³/mol. The van der Waals surface area contributed by atoms with Gasteiger partial charge in [-0.1, -0.05) is 36.8 Å². The van der Waals surface area contributed by atoms with E-state index in [-0.39, 0.29) is 31.0 Å². The van der Waals surface area contributed by atoms with E-state index < -0.39 is 0 Å². The van der Waals surface area contributed by atoms with Crippen molar-refractivity contribution >= 4 is 11.8 Å². The summed E-state index contributed by atoms with van der Waals surface area (Å²) in [6.07, 6.45) is 1.67. The van der Waals surface area contributed by atoms with Gasteiger partial charge in [0.15, 0.2) is 0 Å². The van der Waals surface area contributed by atoms with Crippen molar-refractivity contribution in [3.05, 3.63) is 35.4 Å². The van der Waals surface area contributed by atoms with Gasteiger partial charge >= 0.3 is 0 Å². The Hall–Kier alpha value is -1.88. The van der Waals surface area contributed by atoms with Crippen LogP contribution >= 0.6 is 0 Å². The van der Waals surface area contributed by atoms with Gasteiger partial charge in [0.05, 0.1) is 19.2 Å². The average molecular weight is 292 g/mol. The number of rotatable bonds is 8. The van der Waals surface area contributed by atoms with Gasteiger partial charge in [0.2, 0.25) is 11.8 Å². The quantitative estimate of drug-likeness (QED) is 0.667. The zero-order chi connectivity index (χ0) is 15.7. The summed E-state index contributed by atoms with van der Waals surface area (Å²) in [5, 5.41) is 14.2. The number of carbonyl (C=O) groups is 2. The maximum absolute atomic E-state index is 11.7. The molecule has 1 aromatic rings. The summed E-state index contributed by atoms with van der Waals surface area (Å²) >= 11 is 0. The molecule has 0 radical (unpaired) electrons. The van der Waals surface area contributed by atoms with Gasteiger partial charge in [-0.25, -0.2) is 0 Å². The summed E-state index contributed by atoms with van der Waals surface area (Å²) in [4.78, 5) is 23.2. The number of carbonyl (C=O) groups excluding carboxylic acids is 2. The van der Waals surface area contributed by atoms with Crippen molar-refractivity contribution in [2.24, 2.45) is 0 Å². The molecule has 5 heteroatoms. The summed E-state index contributed by atoms with van der Waals surface area (Å²) in [7, 11) is 0. The highest BCUT2D eigenvalue weighted by atomic mass is 16.3. The third-order valence-corrected chi connectivity index (χ3v) is 3.29. The SMILES string of the molecule is CCC(CO)NC(=O)CNC(=O)CCc1ccc(C)cc1. The Morgan fingerprint density at radius 1 is 1.19 bits per heavy atom. The average Bonchev–Trinajstić information content (AvgIpc) is 2.50. The number of aliphatic hydroxyl groups is 1. The zero-order valence-electron chi connectivity index (χ0n) is 12.7. The Morgan fingerprint density at radius 3 is 2.43 bits per heavy atom. The molecule has 1 atom stereocenters. The van der Waals surface area contributed by atoms with E-state index >= 15 is 0 Å². The standard InChI is InChI=1S/C16H24N2O3/c1-3-14(11-19)18-16(21)10-17-15(20)9-8-13-6-4-12(2)5-7-13/h4-7,14,19H,3,8-11H2,1-2H3,(H,17,20)(H,18,21). The smallest absolute Gasteiger partial charge is 0.239 e. The summed E-state index contributed by atoms with van der Waals surface area (Å²) in [6, 6.07) is 7.79. The molecule has 0 fully saturated rings. The van der Waals surface area contributed by atoms with Crippen LogP contribution in [0.15, 0.2) is 24.3 Å². The van der Waals surface area contributed by atoms with Crippen LogP contribution in [0, 0.1) is 6.92 Å². The number of amides is 2. The fourth-order valence-corrected chi connectivity index (χ4v) is 1.84. The maximum Gasteiger partial charge on any atom is 0.239 e. The van der Waals surface area contributed by atoms with Crippen molar-refractivity contribution in [1.29, 1.82) is 0 Å². The second-order valence-corrected chi connectivity index (χ2v) is 5.12. The van der Waals surface area contributed by atoms with Crippen molar-refractivity contribution in [3.63, 3.8) is 0 Å². The van der Waals surface area contributed by atoms with Gasteiger partial charge in [-0.3, -0.25) is 9.59 Å². The fraction of sp³-hybridized carbons (Fsp3) is 0.500. The molecule has 5 nitrogen and oxygen atoms in total. The first-order chi connectivity index (χ1) is 10.0. The van der Waals surface area contributed by atoms with E-state index in [0.29, 0.717) is 19.3 Å². The topological polar surface area (TPSA) is 78.4 Å². The molecule has 1 rings (SSSR count). The summed E-state index contributed by atoms with van der Waals surface area (Å²) < 4.78 is 0. The summed E-state index contributed by atoms with van der Waals surface area (Å²) in [5.74, 6) is -0.428. The Morgan fingerprint density at radius 2 is 1.86 bits per heavy atom. The lowest BCUT2D eigenvalue weighted by Gasteiger charge is -2.14. The fourth-order valence-electron chi connectivity index (χ4n) is 1.84. The van der Waals surface area contributed by atoms with Gasteiger partial charge in [-0.15, -0.1) is 0 Å². The van der Waals surface area contributed by atoms with Crippen LogP contribution in [0.25, 0.3) is 0 Å². The second-order valence-electron chi connectivity index (χ2n) is 5.12. The van der Waals surface area contributed by atoms with Crippen LogP contribution in [0.2, 0.25) is 0 Å². The molecule has 116 valence electrons. The Bertz CT molecular complexity index is 453. The number of benzene rings is 1. The van der Waals surface area contributed by atoms with Gasteiger partial charge in [0, 0.05) is 6.42 Å². The lowest BCUT2D eigenvalue weighted by molar-refractivity contribution is -0.126. The van der Waals surface area contributed by atoms with Crippen LogP contribution in [0.3, 0.4) is 0 Å². The lowest BCUT2D eigenvalue weighted by atomic mass is 10.1. The largest absolute Gasteiger partial charge is 0.394 e. The zero-order valence-corrected chi connectivity index (χ0v) is 12.7. The lowest BCUT2D eigenvalue weighted by Crippen LogP contribution is -2.43. The molecular weight excluding hydrogens is 268 g/mol. The first-order valence-electron chi connectivity index (χ1n) is 7.27. The molecule has 0 bridgehead atoms. The van der Waals surface area contributed by atoms with Crippen molar-refractivity contribution < 1.29 is 14.7 Å². The van der Waals surface area contributed by atoms with E-state index in [1.54, 1.807) is 0 Å². The number of nitrogens with one attached hydrogen (secondary N) is 2. The molecule has 0 saturated carbocycles. The Labute approximate surface area is 125 Å². The van der Waals surface area contributed by atoms with E-state index in [2.05, 4.69) is 10.6 Å². The van der Waals surface area contributed by atoms with Crippen LogP contribution < -0.4 is 10.6 Å². The van der Waals surface area contributed by atoms with E-state index in [9.17, 15) is 9.59 Å². The van der Waals surface area contributed by atoms with Gasteiger partial charge in [0.25, 0.3) is 0 Å². The Kier molecular flexibility index (Phi) is 7.46. The van der Waals surface area contributed by atoms with Crippen molar-refractivity contribution in [3.8, 4) is 0 Å². The van der Waals surface area contributed by atoms with Crippen LogP contribution in [0.1, 0.15) is 30.9 Å². The van der Waals surface area contributed by atoms with E-state index in [1.165, 1.54) is 5.56 Å². The molecule has 2 amide bonds. The molecule has 21 heavy (non-hydrogen) atoms. The highest BCUT2D eigenvalue weighted by Crippen LogP contribution is 2.05. The molecule has 0 aliphatic heterocycles. The minimum Gasteiger partial charge on any atom is -0.394 e. The summed E-state index contributed by atoms with van der Waals surface area (Å²) in [6.45, 7) is 3.75. The number of aliphatic hydroxyl groups excluding tert-OH is 1. The van der Waals surface area contributed by atoms with Crippen LogP contribution in [0.4, 0.5) is 0 Å². The summed E-state index contributed by atoms with van der Waals surface area (Å²) in [5.41, 5.74) is 2.29. The third kappa shape index (κ3) is 6.90. The van der Waals surface area contributed by atoms with Crippen molar-refractivity contribution in [2.45, 2.75) is 39.2 Å². The van der Waals surface area contributed by atoms with E-state index in [0.717, 1.165) is 5.56 Å². The third-order valence-electron chi connectivity index (χ3n) is 3.29. The molecule has 1 unspecified atom stereocenters. The van der Waals surface area contributed by atoms with Gasteiger partial charge in [0.1, 0.15) is 0 Å². The van der Waals surface area contributed by atoms with Crippen LogP contribution in [-0.2, 0) is 16.0 Å². The first-order valence-corrected chi connectivity index (χ1v) is 7.27. The van der Waals surface area contributed by atoms with Crippen molar-refractivity contribution in [1.82, 2.24) is 10.6 Å². The number of hydrogen-bond donors (Lipinski definition) is 3. The number of hydrogen-bond acceptors (Lipinski definition) is 3. The molecule has 3 N–H and O–H groups in total. The van der Waals surface area contributed by atoms with Gasteiger partial charge < -0.3 is 15.7 Å². The molecule has 1 aromatic carbocycles. The molecule has 0 aliphatic rings. The van der Waals surface area contributed by atoms with Gasteiger partial charge in [-0.2, -0.15) is 0 Å². The number of aryl methyl sites for hydroxylation is 2. The maximum atomic E-state index is 11.7. The van der Waals surface area contributed by atoms with Crippen LogP contribution in [0.5, 0.6) is 0 Å². The molecule has 0 spiro atoms. The minimum atomic E-state index is -0.278. The Balaban J connectivity index is 2.24. The second kappa shape index (κ2) is 9.13.